The lowest BCUT2D eigenvalue weighted by Gasteiger charge is -2.45. The number of likely N-dealkylation sites (tertiary alicyclic amines) is 2. The van der Waals surface area contributed by atoms with E-state index in [1.165, 1.54) is 38.5 Å². The molecule has 0 spiro atoms. The predicted octanol–water partition coefficient (Wildman–Crippen LogP) is 2.55. The molecule has 2 heterocycles. The minimum Gasteiger partial charge on any atom is -0.282 e. The Morgan fingerprint density at radius 3 is 2.27 bits per heavy atom. The Morgan fingerprint density at radius 2 is 1.55 bits per heavy atom. The van der Waals surface area contributed by atoms with Crippen molar-refractivity contribution < 1.29 is 9.59 Å². The van der Waals surface area contributed by atoms with Crippen molar-refractivity contribution in [3.63, 3.8) is 0 Å². The van der Waals surface area contributed by atoms with Crippen molar-refractivity contribution in [2.75, 3.05) is 13.2 Å². The molecule has 0 N–H and O–H groups in total. The van der Waals surface area contributed by atoms with Crippen molar-refractivity contribution in [1.82, 2.24) is 9.80 Å². The first kappa shape index (κ1) is 14.4. The van der Waals surface area contributed by atoms with E-state index in [9.17, 15) is 9.59 Å². The maximum Gasteiger partial charge on any atom is 0.234 e. The van der Waals surface area contributed by atoms with Gasteiger partial charge in [0.1, 0.15) is 0 Å². The second kappa shape index (κ2) is 5.80. The number of rotatable bonds is 2. The average molecular weight is 302 g/mol. The Morgan fingerprint density at radius 1 is 0.909 bits per heavy atom. The molecule has 4 nitrogen and oxygen atoms in total. The molecule has 120 valence electrons. The minimum absolute atomic E-state index is 0.0792. The van der Waals surface area contributed by atoms with E-state index >= 15 is 0 Å². The summed E-state index contributed by atoms with van der Waals surface area (Å²) < 4.78 is 0. The second-order valence-electron chi connectivity index (χ2n) is 7.47. The fourth-order valence-corrected chi connectivity index (χ4v) is 5.09. The summed E-state index contributed by atoms with van der Waals surface area (Å²) in [6, 6.07) is 0.601. The van der Waals surface area contributed by atoms with E-state index in [-0.39, 0.29) is 23.7 Å². The third-order valence-corrected chi connectivity index (χ3v) is 6.28. The number of piperidine rings is 1. The van der Waals surface area contributed by atoms with Gasteiger partial charge in [-0.2, -0.15) is 0 Å². The van der Waals surface area contributed by atoms with Crippen molar-refractivity contribution in [2.24, 2.45) is 17.8 Å². The number of carbonyl (C=O) groups excluding carboxylic acids is 2. The summed E-state index contributed by atoms with van der Waals surface area (Å²) >= 11 is 0. The molecule has 0 aromatic heterocycles. The van der Waals surface area contributed by atoms with Gasteiger partial charge in [-0.25, -0.2) is 0 Å². The van der Waals surface area contributed by atoms with Crippen molar-refractivity contribution in [1.29, 1.82) is 0 Å². The van der Waals surface area contributed by atoms with E-state index in [0.717, 1.165) is 25.3 Å². The van der Waals surface area contributed by atoms with Gasteiger partial charge in [0, 0.05) is 12.6 Å². The molecule has 2 saturated heterocycles. The highest BCUT2D eigenvalue weighted by molar-refractivity contribution is 6.05. The largest absolute Gasteiger partial charge is 0.282 e. The molecule has 22 heavy (non-hydrogen) atoms. The van der Waals surface area contributed by atoms with Crippen LogP contribution in [-0.2, 0) is 9.59 Å². The molecule has 4 heteroatoms. The van der Waals surface area contributed by atoms with Gasteiger partial charge in [-0.05, 0) is 44.4 Å². The number of imide groups is 1. The number of hydrogen-bond acceptors (Lipinski definition) is 3. The van der Waals surface area contributed by atoms with Crippen LogP contribution in [0, 0.1) is 17.8 Å². The monoisotopic (exact) mass is 302 g/mol. The topological polar surface area (TPSA) is 40.6 Å². The summed E-state index contributed by atoms with van der Waals surface area (Å²) in [6.45, 7) is 1.59. The SMILES string of the molecule is O=C1[C@H]2CC=CC[C@H]2C(=O)N1CN1CCC[C@@H]2CCCC[C@H]21. The Hall–Kier alpha value is -1.16. The van der Waals surface area contributed by atoms with Gasteiger partial charge in [0.05, 0.1) is 18.5 Å². The molecular formula is C18H26N2O2. The van der Waals surface area contributed by atoms with Crippen LogP contribution in [0.4, 0.5) is 0 Å². The first-order chi connectivity index (χ1) is 10.8. The van der Waals surface area contributed by atoms with Crippen molar-refractivity contribution in [2.45, 2.75) is 57.4 Å². The Balaban J connectivity index is 1.48. The third kappa shape index (κ3) is 2.32. The number of carbonyl (C=O) groups is 2. The fourth-order valence-electron chi connectivity index (χ4n) is 5.09. The normalized spacial score (nSPS) is 39.0. The summed E-state index contributed by atoms with van der Waals surface area (Å²) in [5.74, 6) is 0.794. The maximum absolute atomic E-state index is 12.6. The van der Waals surface area contributed by atoms with E-state index in [4.69, 9.17) is 0 Å². The molecule has 2 aliphatic carbocycles. The first-order valence-corrected chi connectivity index (χ1v) is 9.00. The molecule has 1 saturated carbocycles. The average Bonchev–Trinajstić information content (AvgIpc) is 2.81. The molecule has 2 amide bonds. The van der Waals surface area contributed by atoms with Gasteiger partial charge < -0.3 is 0 Å². The van der Waals surface area contributed by atoms with Gasteiger partial charge >= 0.3 is 0 Å². The van der Waals surface area contributed by atoms with E-state index in [2.05, 4.69) is 17.1 Å². The number of allylic oxidation sites excluding steroid dienone is 2. The molecule has 0 unspecified atom stereocenters. The molecule has 0 aromatic carbocycles. The summed E-state index contributed by atoms with van der Waals surface area (Å²) in [4.78, 5) is 29.3. The number of amides is 2. The van der Waals surface area contributed by atoms with E-state index in [1.54, 1.807) is 4.90 Å². The molecule has 3 fully saturated rings. The lowest BCUT2D eigenvalue weighted by molar-refractivity contribution is -0.144. The van der Waals surface area contributed by atoms with Gasteiger partial charge in [0.2, 0.25) is 11.8 Å². The highest BCUT2D eigenvalue weighted by Crippen LogP contribution is 2.38. The zero-order valence-electron chi connectivity index (χ0n) is 13.2. The zero-order valence-corrected chi connectivity index (χ0v) is 13.2. The molecule has 0 aromatic rings. The molecular weight excluding hydrogens is 276 g/mol. The maximum atomic E-state index is 12.6. The van der Waals surface area contributed by atoms with Crippen molar-refractivity contribution in [3.8, 4) is 0 Å². The molecule has 4 atom stereocenters. The molecule has 4 aliphatic rings. The number of fused-ring (bicyclic) bond motifs is 2. The van der Waals surface area contributed by atoms with Crippen LogP contribution in [0.3, 0.4) is 0 Å². The summed E-state index contributed by atoms with van der Waals surface area (Å²) in [7, 11) is 0. The fraction of sp³-hybridized carbons (Fsp3) is 0.778. The van der Waals surface area contributed by atoms with Crippen LogP contribution in [0.25, 0.3) is 0 Å². The summed E-state index contributed by atoms with van der Waals surface area (Å²) in [5.41, 5.74) is 0. The van der Waals surface area contributed by atoms with Gasteiger partial charge in [0.25, 0.3) is 0 Å². The minimum atomic E-state index is -0.0792. The highest BCUT2D eigenvalue weighted by Gasteiger charge is 2.48. The van der Waals surface area contributed by atoms with Gasteiger partial charge in [0.15, 0.2) is 0 Å². The zero-order chi connectivity index (χ0) is 15.1. The Kier molecular flexibility index (Phi) is 3.81. The number of hydrogen-bond donors (Lipinski definition) is 0. The van der Waals surface area contributed by atoms with Crippen LogP contribution in [-0.4, -0.2) is 40.9 Å². The van der Waals surface area contributed by atoms with Crippen LogP contribution in [0.2, 0.25) is 0 Å². The molecule has 4 rings (SSSR count). The van der Waals surface area contributed by atoms with Crippen LogP contribution < -0.4 is 0 Å². The highest BCUT2D eigenvalue weighted by atomic mass is 16.2. The molecule has 0 bridgehead atoms. The number of nitrogens with zero attached hydrogens (tertiary/aromatic N) is 2. The Bertz CT molecular complexity index is 473. The van der Waals surface area contributed by atoms with Gasteiger partial charge in [-0.15, -0.1) is 0 Å². The Labute approximate surface area is 132 Å². The first-order valence-electron chi connectivity index (χ1n) is 9.00. The third-order valence-electron chi connectivity index (χ3n) is 6.28. The predicted molar refractivity (Wildman–Crippen MR) is 83.8 cm³/mol. The summed E-state index contributed by atoms with van der Waals surface area (Å²) in [5, 5.41) is 0. The lowest BCUT2D eigenvalue weighted by atomic mass is 9.78. The standard InChI is InChI=1S/C18H26N2O2/c21-17-14-8-2-3-9-15(14)18(22)20(17)12-19-11-5-7-13-6-1-4-10-16(13)19/h2-3,13-16H,1,4-12H2/t13-,14-,15+,16+/m0/s1. The van der Waals surface area contributed by atoms with Gasteiger partial charge in [-0.1, -0.05) is 25.0 Å². The molecule has 0 radical (unpaired) electrons. The summed E-state index contributed by atoms with van der Waals surface area (Å²) in [6.07, 6.45) is 13.4. The van der Waals surface area contributed by atoms with E-state index in [0.29, 0.717) is 12.7 Å². The smallest absolute Gasteiger partial charge is 0.234 e. The van der Waals surface area contributed by atoms with Crippen LogP contribution in [0.5, 0.6) is 0 Å². The van der Waals surface area contributed by atoms with E-state index < -0.39 is 0 Å². The van der Waals surface area contributed by atoms with Gasteiger partial charge in [-0.3, -0.25) is 19.4 Å². The van der Waals surface area contributed by atoms with E-state index in [1.807, 2.05) is 0 Å². The van der Waals surface area contributed by atoms with Crippen LogP contribution >= 0.6 is 0 Å². The second-order valence-corrected chi connectivity index (χ2v) is 7.47. The molecule has 2 aliphatic heterocycles. The van der Waals surface area contributed by atoms with Crippen LogP contribution in [0.15, 0.2) is 12.2 Å². The quantitative estimate of drug-likeness (QED) is 0.581. The van der Waals surface area contributed by atoms with Crippen molar-refractivity contribution >= 4 is 11.8 Å². The van der Waals surface area contributed by atoms with Crippen LogP contribution in [0.1, 0.15) is 51.4 Å². The van der Waals surface area contributed by atoms with Crippen molar-refractivity contribution in [3.05, 3.63) is 12.2 Å². The lowest BCUT2D eigenvalue weighted by Crippen LogP contribution is -2.52.